The number of rotatable bonds is 14. The molecule has 0 bridgehead atoms. The van der Waals surface area contributed by atoms with Gasteiger partial charge in [-0.05, 0) is 75.5 Å². The third kappa shape index (κ3) is 7.27. The lowest BCUT2D eigenvalue weighted by Gasteiger charge is -2.25. The number of nitrogens with zero attached hydrogens (tertiary/aromatic N) is 2. The third-order valence-electron chi connectivity index (χ3n) is 5.81. The summed E-state index contributed by atoms with van der Waals surface area (Å²) in [7, 11) is 1.96. The van der Waals surface area contributed by atoms with Crippen molar-refractivity contribution in [3.05, 3.63) is 88.4 Å². The highest BCUT2D eigenvalue weighted by Crippen LogP contribution is 2.28. The summed E-state index contributed by atoms with van der Waals surface area (Å²) < 4.78 is 6.30. The molecule has 0 amide bonds. The smallest absolute Gasteiger partial charge is 0.163 e. The van der Waals surface area contributed by atoms with Crippen molar-refractivity contribution in [2.24, 2.45) is 0 Å². The third-order valence-corrected chi connectivity index (χ3v) is 6.77. The summed E-state index contributed by atoms with van der Waals surface area (Å²) in [4.78, 5) is 19.6. The second-order valence-electron chi connectivity index (χ2n) is 8.36. The normalized spacial score (nSPS) is 11.7. The van der Waals surface area contributed by atoms with Crippen LogP contribution < -0.4 is 15.0 Å². The lowest BCUT2D eigenvalue weighted by atomic mass is 10.0. The number of hydrogen-bond acceptors (Lipinski definition) is 6. The van der Waals surface area contributed by atoms with Gasteiger partial charge in [-0.15, -0.1) is 11.3 Å². The Morgan fingerprint density at radius 1 is 1.24 bits per heavy atom. The van der Waals surface area contributed by atoms with Gasteiger partial charge in [0.1, 0.15) is 11.9 Å². The van der Waals surface area contributed by atoms with E-state index in [1.165, 1.54) is 10.4 Å². The van der Waals surface area contributed by atoms with Crippen molar-refractivity contribution in [3.8, 4) is 5.75 Å². The number of carbonyl (C=O) groups is 1. The Morgan fingerprint density at radius 2 is 2.03 bits per heavy atom. The zero-order valence-electron chi connectivity index (χ0n) is 20.4. The van der Waals surface area contributed by atoms with Crippen LogP contribution >= 0.6 is 11.3 Å². The SMILES string of the molecule is C=C(CCN(CC)c1ccncc1C(C)=O)Cc1ccc(O[C@@H](CCNC)c2cccs2)cc1. The number of pyridine rings is 1. The zero-order valence-corrected chi connectivity index (χ0v) is 21.2. The predicted octanol–water partition coefficient (Wildman–Crippen LogP) is 6.09. The summed E-state index contributed by atoms with van der Waals surface area (Å²) in [6, 6.07) is 14.5. The van der Waals surface area contributed by atoms with E-state index in [0.717, 1.165) is 55.9 Å². The summed E-state index contributed by atoms with van der Waals surface area (Å²) in [5, 5.41) is 5.30. The first-order chi connectivity index (χ1) is 16.5. The van der Waals surface area contributed by atoms with Gasteiger partial charge in [0.15, 0.2) is 5.78 Å². The molecular formula is C28H35N3O2S. The van der Waals surface area contributed by atoms with Crippen molar-refractivity contribution in [1.29, 1.82) is 0 Å². The lowest BCUT2D eigenvalue weighted by Crippen LogP contribution is -2.26. The molecule has 0 saturated carbocycles. The minimum absolute atomic E-state index is 0.0370. The van der Waals surface area contributed by atoms with Gasteiger partial charge in [-0.2, -0.15) is 0 Å². The van der Waals surface area contributed by atoms with Crippen molar-refractivity contribution < 1.29 is 9.53 Å². The second kappa shape index (κ2) is 13.1. The number of carbonyl (C=O) groups excluding carboxylic acids is 1. The van der Waals surface area contributed by atoms with E-state index in [4.69, 9.17) is 4.74 Å². The molecule has 180 valence electrons. The van der Waals surface area contributed by atoms with Gasteiger partial charge in [-0.25, -0.2) is 0 Å². The molecule has 6 heteroatoms. The standard InChI is InChI=1S/C28H35N3O2S/c1-5-31(26-12-16-30-20-25(26)22(3)32)17-14-21(2)19-23-8-10-24(11-9-23)33-27(13-15-29-4)28-7-6-18-34-28/h6-12,16,18,20,27,29H,2,5,13-15,17,19H2,1,3-4H3/t27-/m0/s1. The molecule has 1 aromatic carbocycles. The predicted molar refractivity (Wildman–Crippen MR) is 142 cm³/mol. The van der Waals surface area contributed by atoms with Crippen LogP contribution in [0.15, 0.2) is 72.4 Å². The molecule has 0 aliphatic heterocycles. The molecule has 3 aromatic rings. The fraction of sp³-hybridized carbons (Fsp3) is 0.357. The van der Waals surface area contributed by atoms with Crippen molar-refractivity contribution in [1.82, 2.24) is 10.3 Å². The van der Waals surface area contributed by atoms with Gasteiger partial charge in [0.2, 0.25) is 0 Å². The largest absolute Gasteiger partial charge is 0.485 e. The Morgan fingerprint density at radius 3 is 2.68 bits per heavy atom. The van der Waals surface area contributed by atoms with E-state index in [9.17, 15) is 4.79 Å². The zero-order chi connectivity index (χ0) is 24.3. The number of aromatic nitrogens is 1. The minimum atomic E-state index is 0.0370. The van der Waals surface area contributed by atoms with Crippen LogP contribution in [0.3, 0.4) is 0 Å². The van der Waals surface area contributed by atoms with E-state index >= 15 is 0 Å². The van der Waals surface area contributed by atoms with E-state index in [2.05, 4.69) is 70.5 Å². The maximum absolute atomic E-state index is 12.0. The molecule has 2 heterocycles. The van der Waals surface area contributed by atoms with E-state index < -0.39 is 0 Å². The monoisotopic (exact) mass is 477 g/mol. The number of thiophene rings is 1. The Hall–Kier alpha value is -2.96. The van der Waals surface area contributed by atoms with Gasteiger partial charge in [0.25, 0.3) is 0 Å². The highest BCUT2D eigenvalue weighted by Gasteiger charge is 2.15. The molecule has 1 N–H and O–H groups in total. The van der Waals surface area contributed by atoms with Crippen LogP contribution in [0, 0.1) is 0 Å². The topological polar surface area (TPSA) is 54.5 Å². The molecule has 1 atom stereocenters. The Balaban J connectivity index is 1.55. The quantitative estimate of drug-likeness (QED) is 0.225. The number of ketones is 1. The molecule has 0 saturated heterocycles. The van der Waals surface area contributed by atoms with Crippen LogP contribution in [0.5, 0.6) is 5.75 Å². The summed E-state index contributed by atoms with van der Waals surface area (Å²) in [5.74, 6) is 0.922. The number of hydrogen-bond donors (Lipinski definition) is 1. The van der Waals surface area contributed by atoms with E-state index in [1.54, 1.807) is 30.7 Å². The summed E-state index contributed by atoms with van der Waals surface area (Å²) >= 11 is 1.73. The van der Waals surface area contributed by atoms with Crippen molar-refractivity contribution >= 4 is 22.8 Å². The van der Waals surface area contributed by atoms with E-state index in [0.29, 0.717) is 5.56 Å². The van der Waals surface area contributed by atoms with Crippen molar-refractivity contribution in [2.75, 3.05) is 31.6 Å². The van der Waals surface area contributed by atoms with Gasteiger partial charge >= 0.3 is 0 Å². The molecule has 0 spiro atoms. The second-order valence-corrected chi connectivity index (χ2v) is 9.34. The number of anilines is 1. The summed E-state index contributed by atoms with van der Waals surface area (Å²) in [6.07, 6.45) is 6.05. The van der Waals surface area contributed by atoms with Crippen LogP contribution in [-0.2, 0) is 6.42 Å². The van der Waals surface area contributed by atoms with Gasteiger partial charge < -0.3 is 15.0 Å². The minimum Gasteiger partial charge on any atom is -0.485 e. The Labute approximate surface area is 207 Å². The van der Waals surface area contributed by atoms with Crippen LogP contribution in [0.4, 0.5) is 5.69 Å². The number of nitrogens with one attached hydrogen (secondary N) is 1. The fourth-order valence-electron chi connectivity index (χ4n) is 3.91. The van der Waals surface area contributed by atoms with Gasteiger partial charge in [0, 0.05) is 36.8 Å². The molecular weight excluding hydrogens is 442 g/mol. The molecule has 2 aromatic heterocycles. The average Bonchev–Trinajstić information content (AvgIpc) is 3.38. The molecule has 3 rings (SSSR count). The van der Waals surface area contributed by atoms with Crippen molar-refractivity contribution in [2.45, 2.75) is 39.2 Å². The van der Waals surface area contributed by atoms with Gasteiger partial charge in [-0.1, -0.05) is 30.4 Å². The first-order valence-electron chi connectivity index (χ1n) is 11.8. The Bertz CT molecular complexity index is 1050. The number of Topliss-reactive ketones (excluding diaryl/α,β-unsaturated/α-hetero) is 1. The highest BCUT2D eigenvalue weighted by molar-refractivity contribution is 7.10. The van der Waals surface area contributed by atoms with Crippen LogP contribution in [0.25, 0.3) is 0 Å². The van der Waals surface area contributed by atoms with Gasteiger partial charge in [-0.3, -0.25) is 9.78 Å². The first-order valence-corrected chi connectivity index (χ1v) is 12.7. The van der Waals surface area contributed by atoms with Crippen LogP contribution in [0.1, 0.15) is 53.6 Å². The number of benzene rings is 1. The van der Waals surface area contributed by atoms with Crippen molar-refractivity contribution in [3.63, 3.8) is 0 Å². The summed E-state index contributed by atoms with van der Waals surface area (Å²) in [5.41, 5.74) is 3.99. The molecule has 0 fully saturated rings. The summed E-state index contributed by atoms with van der Waals surface area (Å²) in [6.45, 7) is 10.5. The van der Waals surface area contributed by atoms with Gasteiger partial charge in [0.05, 0.1) is 11.3 Å². The van der Waals surface area contributed by atoms with Crippen LogP contribution in [-0.4, -0.2) is 37.4 Å². The molecule has 0 aliphatic rings. The maximum atomic E-state index is 12.0. The molecule has 5 nitrogen and oxygen atoms in total. The Kier molecular flexibility index (Phi) is 9.86. The molecule has 0 unspecified atom stereocenters. The maximum Gasteiger partial charge on any atom is 0.163 e. The van der Waals surface area contributed by atoms with Crippen LogP contribution in [0.2, 0.25) is 0 Å². The molecule has 34 heavy (non-hydrogen) atoms. The highest BCUT2D eigenvalue weighted by atomic mass is 32.1. The molecule has 0 aliphatic carbocycles. The van der Waals surface area contributed by atoms with E-state index in [1.807, 2.05) is 13.1 Å². The fourth-order valence-corrected chi connectivity index (χ4v) is 4.70. The first kappa shape index (κ1) is 25.7. The van der Waals surface area contributed by atoms with E-state index in [-0.39, 0.29) is 11.9 Å². The average molecular weight is 478 g/mol. The number of ether oxygens (including phenoxy) is 1. The molecule has 0 radical (unpaired) electrons. The lowest BCUT2D eigenvalue weighted by molar-refractivity contribution is 0.101.